The Hall–Kier alpha value is -3.86. The van der Waals surface area contributed by atoms with Crippen molar-refractivity contribution in [3.8, 4) is 5.75 Å². The van der Waals surface area contributed by atoms with E-state index < -0.39 is 0 Å². The molecule has 0 saturated carbocycles. The predicted molar refractivity (Wildman–Crippen MR) is 121 cm³/mol. The molecule has 0 spiro atoms. The van der Waals surface area contributed by atoms with E-state index in [-0.39, 0.29) is 12.1 Å². The van der Waals surface area contributed by atoms with E-state index in [0.29, 0.717) is 0 Å². The summed E-state index contributed by atoms with van der Waals surface area (Å²) < 4.78 is 8.64. The summed E-state index contributed by atoms with van der Waals surface area (Å²) in [6.45, 7) is 4.24. The highest BCUT2D eigenvalue weighted by Crippen LogP contribution is 2.50. The number of aryl methyl sites for hydroxylation is 2. The fraction of sp³-hybridized carbons (Fsp3) is 0.154. The van der Waals surface area contributed by atoms with Crippen LogP contribution in [-0.4, -0.2) is 14.8 Å². The van der Waals surface area contributed by atoms with Crippen LogP contribution in [0.3, 0.4) is 0 Å². The first kappa shape index (κ1) is 18.0. The Balaban J connectivity index is 1.65. The molecule has 0 bridgehead atoms. The third-order valence-electron chi connectivity index (χ3n) is 6.19. The van der Waals surface area contributed by atoms with Gasteiger partial charge < -0.3 is 10.1 Å². The van der Waals surface area contributed by atoms with E-state index in [1.165, 1.54) is 11.1 Å². The van der Waals surface area contributed by atoms with E-state index in [1.807, 2.05) is 22.9 Å². The molecule has 1 N–H and O–H groups in total. The topological polar surface area (TPSA) is 52.0 Å². The summed E-state index contributed by atoms with van der Waals surface area (Å²) in [7, 11) is 0. The Morgan fingerprint density at radius 3 is 2.52 bits per heavy atom. The maximum Gasteiger partial charge on any atom is 0.226 e. The minimum absolute atomic E-state index is 0.118. The van der Waals surface area contributed by atoms with E-state index in [2.05, 4.69) is 83.8 Å². The Kier molecular flexibility index (Phi) is 3.96. The number of hydrogen-bond acceptors (Lipinski definition) is 4. The third kappa shape index (κ3) is 2.77. The number of nitrogens with one attached hydrogen (secondary N) is 1. The maximum atomic E-state index is 6.68. The summed E-state index contributed by atoms with van der Waals surface area (Å²) in [6, 6.07) is 25.2. The summed E-state index contributed by atoms with van der Waals surface area (Å²) in [5, 5.41) is 8.14. The van der Waals surface area contributed by atoms with Crippen LogP contribution < -0.4 is 10.1 Å². The highest BCUT2D eigenvalue weighted by atomic mass is 16.5. The Morgan fingerprint density at radius 1 is 0.903 bits per heavy atom. The van der Waals surface area contributed by atoms with Gasteiger partial charge in [0.05, 0.1) is 5.70 Å². The average Bonchev–Trinajstić information content (AvgIpc) is 3.27. The van der Waals surface area contributed by atoms with E-state index in [1.54, 1.807) is 6.33 Å². The van der Waals surface area contributed by atoms with Crippen LogP contribution >= 0.6 is 0 Å². The second kappa shape index (κ2) is 6.84. The van der Waals surface area contributed by atoms with Crippen molar-refractivity contribution in [2.24, 2.45) is 0 Å². The molecule has 3 heterocycles. The summed E-state index contributed by atoms with van der Waals surface area (Å²) in [4.78, 5) is 4.50. The Bertz CT molecular complexity index is 1320. The number of benzene rings is 3. The van der Waals surface area contributed by atoms with Gasteiger partial charge in [0.15, 0.2) is 0 Å². The van der Waals surface area contributed by atoms with Crippen LogP contribution in [0.1, 0.15) is 40.0 Å². The molecule has 4 aromatic rings. The van der Waals surface area contributed by atoms with Crippen molar-refractivity contribution in [3.05, 3.63) is 113 Å². The highest BCUT2D eigenvalue weighted by molar-refractivity contribution is 5.85. The number of rotatable bonds is 2. The highest BCUT2D eigenvalue weighted by Gasteiger charge is 2.41. The monoisotopic (exact) mass is 406 g/mol. The lowest BCUT2D eigenvalue weighted by Gasteiger charge is -2.39. The van der Waals surface area contributed by atoms with Crippen LogP contribution in [0.4, 0.5) is 5.95 Å². The molecule has 2 aliphatic rings. The number of anilines is 1. The molecule has 5 heteroatoms. The molecule has 1 aromatic heterocycles. The van der Waals surface area contributed by atoms with Gasteiger partial charge >= 0.3 is 0 Å². The van der Waals surface area contributed by atoms with E-state index >= 15 is 0 Å². The lowest BCUT2D eigenvalue weighted by Crippen LogP contribution is -2.32. The number of aromatic nitrogens is 3. The second-order valence-electron chi connectivity index (χ2n) is 8.15. The first-order chi connectivity index (χ1) is 15.2. The minimum Gasteiger partial charge on any atom is -0.480 e. The van der Waals surface area contributed by atoms with Gasteiger partial charge in [-0.25, -0.2) is 4.68 Å². The van der Waals surface area contributed by atoms with Crippen LogP contribution in [-0.2, 0) is 0 Å². The molecule has 0 saturated heterocycles. The van der Waals surface area contributed by atoms with Gasteiger partial charge in [-0.2, -0.15) is 10.1 Å². The number of fused-ring (bicyclic) bond motifs is 3. The molecule has 3 aromatic carbocycles. The van der Waals surface area contributed by atoms with E-state index in [4.69, 9.17) is 4.74 Å². The summed E-state index contributed by atoms with van der Waals surface area (Å²) in [6.07, 6.45) is 1.37. The Morgan fingerprint density at radius 2 is 1.68 bits per heavy atom. The second-order valence-corrected chi connectivity index (χ2v) is 8.15. The maximum absolute atomic E-state index is 6.68. The molecular weight excluding hydrogens is 384 g/mol. The van der Waals surface area contributed by atoms with Crippen molar-refractivity contribution in [2.75, 3.05) is 5.32 Å². The van der Waals surface area contributed by atoms with Crippen molar-refractivity contribution in [1.29, 1.82) is 0 Å². The number of ether oxygens (including phenoxy) is 1. The lowest BCUT2D eigenvalue weighted by molar-refractivity contribution is 0.222. The van der Waals surface area contributed by atoms with Crippen molar-refractivity contribution in [3.63, 3.8) is 0 Å². The first-order valence-corrected chi connectivity index (χ1v) is 10.5. The van der Waals surface area contributed by atoms with E-state index in [0.717, 1.165) is 39.7 Å². The fourth-order valence-electron chi connectivity index (χ4n) is 4.63. The molecule has 0 radical (unpaired) electrons. The minimum atomic E-state index is -0.234. The predicted octanol–water partition coefficient (Wildman–Crippen LogP) is 5.45. The number of nitrogens with zero attached hydrogens (tertiary/aromatic N) is 3. The normalized spacial score (nSPS) is 19.0. The largest absolute Gasteiger partial charge is 0.480 e. The molecule has 2 atom stereocenters. The van der Waals surface area contributed by atoms with Crippen LogP contribution in [0, 0.1) is 13.8 Å². The fourth-order valence-corrected chi connectivity index (χ4v) is 4.63. The van der Waals surface area contributed by atoms with Crippen LogP contribution in [0.5, 0.6) is 5.75 Å². The lowest BCUT2D eigenvalue weighted by atomic mass is 9.83. The quantitative estimate of drug-likeness (QED) is 0.481. The first-order valence-electron chi connectivity index (χ1n) is 10.5. The average molecular weight is 406 g/mol. The molecule has 2 aliphatic heterocycles. The van der Waals surface area contributed by atoms with Gasteiger partial charge in [-0.3, -0.25) is 0 Å². The smallest absolute Gasteiger partial charge is 0.226 e. The van der Waals surface area contributed by atoms with Gasteiger partial charge in [-0.15, -0.1) is 0 Å². The van der Waals surface area contributed by atoms with Crippen LogP contribution in [0.15, 0.2) is 84.7 Å². The molecule has 2 unspecified atom stereocenters. The van der Waals surface area contributed by atoms with Gasteiger partial charge in [-0.1, -0.05) is 66.2 Å². The number of para-hydroxylation sites is 1. The van der Waals surface area contributed by atoms with Crippen molar-refractivity contribution >= 4 is 11.6 Å². The zero-order valence-corrected chi connectivity index (χ0v) is 17.4. The summed E-state index contributed by atoms with van der Waals surface area (Å²) >= 11 is 0. The van der Waals surface area contributed by atoms with Gasteiger partial charge in [0, 0.05) is 11.1 Å². The molecule has 0 amide bonds. The van der Waals surface area contributed by atoms with E-state index in [9.17, 15) is 0 Å². The van der Waals surface area contributed by atoms with Crippen molar-refractivity contribution < 1.29 is 4.74 Å². The van der Waals surface area contributed by atoms with Gasteiger partial charge in [-0.05, 0) is 42.7 Å². The molecular formula is C26H22N4O. The SMILES string of the molecule is Cc1ccc(C2C3=C(Nc4ncnn42)c2ccccc2OC3c2ccccc2C)cc1. The standard InChI is InChI=1S/C26H22N4O/c1-16-11-13-18(14-12-16)24-22-23(29-26-27-15-28-30(24)26)20-9-5-6-10-21(20)31-25(22)19-8-4-3-7-17(19)2/h3-15,24-25H,1-2H3,(H,27,28,29). The summed E-state index contributed by atoms with van der Waals surface area (Å²) in [5.41, 5.74) is 8.00. The third-order valence-corrected chi connectivity index (χ3v) is 6.19. The summed E-state index contributed by atoms with van der Waals surface area (Å²) in [5.74, 6) is 1.61. The van der Waals surface area contributed by atoms with Crippen molar-refractivity contribution in [1.82, 2.24) is 14.8 Å². The molecule has 6 rings (SSSR count). The van der Waals surface area contributed by atoms with Crippen LogP contribution in [0.25, 0.3) is 5.70 Å². The zero-order valence-electron chi connectivity index (χ0n) is 17.4. The Labute approximate surface area is 181 Å². The molecule has 5 nitrogen and oxygen atoms in total. The van der Waals surface area contributed by atoms with Gasteiger partial charge in [0.25, 0.3) is 0 Å². The molecule has 152 valence electrons. The molecule has 31 heavy (non-hydrogen) atoms. The molecule has 0 fully saturated rings. The van der Waals surface area contributed by atoms with Gasteiger partial charge in [0.2, 0.25) is 5.95 Å². The number of hydrogen-bond donors (Lipinski definition) is 1. The van der Waals surface area contributed by atoms with Gasteiger partial charge in [0.1, 0.15) is 24.2 Å². The van der Waals surface area contributed by atoms with Crippen molar-refractivity contribution in [2.45, 2.75) is 26.0 Å². The van der Waals surface area contributed by atoms with Crippen LogP contribution in [0.2, 0.25) is 0 Å². The zero-order chi connectivity index (χ0) is 20.9. The molecule has 0 aliphatic carbocycles.